The summed E-state index contributed by atoms with van der Waals surface area (Å²) in [6.07, 6.45) is 0.938. The molecular weight excluding hydrogens is 261 g/mol. The molecule has 0 spiro atoms. The molecule has 1 saturated carbocycles. The Morgan fingerprint density at radius 2 is 2.22 bits per heavy atom. The molecule has 0 aliphatic heterocycles. The predicted octanol–water partition coefficient (Wildman–Crippen LogP) is 1.94. The third-order valence-electron chi connectivity index (χ3n) is 2.98. The van der Waals surface area contributed by atoms with Crippen molar-refractivity contribution >= 4 is 29.0 Å². The van der Waals surface area contributed by atoms with Crippen LogP contribution >= 0.6 is 11.6 Å². The van der Waals surface area contributed by atoms with E-state index >= 15 is 0 Å². The number of halogens is 2. The number of amidine groups is 1. The lowest BCUT2D eigenvalue weighted by Gasteiger charge is -2.14. The standard InChI is InChI=1S/C11H11ClFN3O2/c12-6-2-1-3-7(8(6)13)15-10(17)11(4-5-11)9(14)16-18/h1-3,18H,4-5H2,(H2,14,16)(H,15,17). The van der Waals surface area contributed by atoms with E-state index in [4.69, 9.17) is 22.5 Å². The van der Waals surface area contributed by atoms with Crippen LogP contribution in [0.1, 0.15) is 12.8 Å². The molecule has 96 valence electrons. The first kappa shape index (κ1) is 12.6. The fourth-order valence-electron chi connectivity index (χ4n) is 1.66. The van der Waals surface area contributed by atoms with Crippen molar-refractivity contribution in [3.05, 3.63) is 29.0 Å². The number of oxime groups is 1. The lowest BCUT2D eigenvalue weighted by Crippen LogP contribution is -2.36. The van der Waals surface area contributed by atoms with E-state index in [9.17, 15) is 9.18 Å². The number of nitrogens with two attached hydrogens (primary N) is 1. The average molecular weight is 272 g/mol. The second-order valence-electron chi connectivity index (χ2n) is 4.12. The number of rotatable bonds is 3. The highest BCUT2D eigenvalue weighted by Crippen LogP contribution is 2.46. The lowest BCUT2D eigenvalue weighted by atomic mass is 10.1. The maximum atomic E-state index is 13.6. The number of benzene rings is 1. The van der Waals surface area contributed by atoms with Crippen molar-refractivity contribution in [1.82, 2.24) is 0 Å². The topological polar surface area (TPSA) is 87.7 Å². The normalized spacial score (nSPS) is 17.3. The van der Waals surface area contributed by atoms with Crippen molar-refractivity contribution in [2.75, 3.05) is 5.32 Å². The molecule has 7 heteroatoms. The van der Waals surface area contributed by atoms with Crippen LogP contribution in [0, 0.1) is 11.2 Å². The van der Waals surface area contributed by atoms with Gasteiger partial charge in [0.05, 0.1) is 10.7 Å². The molecule has 0 heterocycles. The van der Waals surface area contributed by atoms with Crippen molar-refractivity contribution in [1.29, 1.82) is 0 Å². The summed E-state index contributed by atoms with van der Waals surface area (Å²) in [7, 11) is 0. The molecule has 2 rings (SSSR count). The average Bonchev–Trinajstić information content (AvgIpc) is 3.15. The van der Waals surface area contributed by atoms with E-state index in [0.29, 0.717) is 12.8 Å². The van der Waals surface area contributed by atoms with Crippen molar-refractivity contribution in [2.45, 2.75) is 12.8 Å². The van der Waals surface area contributed by atoms with E-state index in [-0.39, 0.29) is 16.5 Å². The molecular formula is C11H11ClFN3O2. The van der Waals surface area contributed by atoms with Gasteiger partial charge in [-0.05, 0) is 25.0 Å². The van der Waals surface area contributed by atoms with Crippen LogP contribution < -0.4 is 11.1 Å². The first-order chi connectivity index (χ1) is 8.51. The number of hydrogen-bond acceptors (Lipinski definition) is 3. The Morgan fingerprint density at radius 1 is 1.56 bits per heavy atom. The summed E-state index contributed by atoms with van der Waals surface area (Å²) in [5.74, 6) is -1.37. The number of nitrogens with one attached hydrogen (secondary N) is 1. The number of anilines is 1. The Bertz CT molecular complexity index is 529. The van der Waals surface area contributed by atoms with E-state index in [1.165, 1.54) is 18.2 Å². The van der Waals surface area contributed by atoms with Crippen LogP contribution in [-0.4, -0.2) is 17.0 Å². The number of carbonyl (C=O) groups is 1. The molecule has 0 atom stereocenters. The third kappa shape index (κ3) is 1.99. The summed E-state index contributed by atoms with van der Waals surface area (Å²) in [5.41, 5.74) is 4.41. The zero-order valence-corrected chi connectivity index (χ0v) is 10.0. The SMILES string of the molecule is N/C(=N/O)C1(C(=O)Nc2cccc(Cl)c2F)CC1. The highest BCUT2D eigenvalue weighted by Gasteiger charge is 2.54. The second kappa shape index (κ2) is 4.45. The Morgan fingerprint density at radius 3 is 2.78 bits per heavy atom. The minimum absolute atomic E-state index is 0.0236. The predicted molar refractivity (Wildman–Crippen MR) is 65.1 cm³/mol. The number of hydrogen-bond donors (Lipinski definition) is 3. The molecule has 1 amide bonds. The molecule has 4 N–H and O–H groups in total. The van der Waals surface area contributed by atoms with E-state index < -0.39 is 17.1 Å². The van der Waals surface area contributed by atoms with Gasteiger partial charge in [0, 0.05) is 0 Å². The zero-order chi connectivity index (χ0) is 13.3. The maximum absolute atomic E-state index is 13.6. The van der Waals surface area contributed by atoms with Gasteiger partial charge in [-0.15, -0.1) is 0 Å². The zero-order valence-electron chi connectivity index (χ0n) is 9.28. The monoisotopic (exact) mass is 271 g/mol. The minimum Gasteiger partial charge on any atom is -0.409 e. The summed E-state index contributed by atoms with van der Waals surface area (Å²) in [6.45, 7) is 0. The first-order valence-electron chi connectivity index (χ1n) is 5.25. The highest BCUT2D eigenvalue weighted by atomic mass is 35.5. The Kier molecular flexibility index (Phi) is 3.13. The van der Waals surface area contributed by atoms with Gasteiger partial charge in [-0.3, -0.25) is 4.79 Å². The minimum atomic E-state index is -1.02. The number of amides is 1. The number of carbonyl (C=O) groups excluding carboxylic acids is 1. The Labute approximate surface area is 107 Å². The van der Waals surface area contributed by atoms with Crippen molar-refractivity contribution in [3.8, 4) is 0 Å². The first-order valence-corrected chi connectivity index (χ1v) is 5.62. The van der Waals surface area contributed by atoms with Crippen LogP contribution in [0.2, 0.25) is 5.02 Å². The quantitative estimate of drug-likeness (QED) is 0.340. The number of nitrogens with zero attached hydrogens (tertiary/aromatic N) is 1. The van der Waals surface area contributed by atoms with E-state index in [1.807, 2.05) is 0 Å². The van der Waals surface area contributed by atoms with Crippen LogP contribution in [0.25, 0.3) is 0 Å². The molecule has 0 radical (unpaired) electrons. The lowest BCUT2D eigenvalue weighted by molar-refractivity contribution is -0.119. The van der Waals surface area contributed by atoms with Crippen LogP contribution in [0.3, 0.4) is 0 Å². The van der Waals surface area contributed by atoms with Gasteiger partial charge in [-0.2, -0.15) is 0 Å². The largest absolute Gasteiger partial charge is 0.409 e. The van der Waals surface area contributed by atoms with Gasteiger partial charge in [-0.25, -0.2) is 4.39 Å². The molecule has 18 heavy (non-hydrogen) atoms. The summed E-state index contributed by atoms with van der Waals surface area (Å²) < 4.78 is 13.6. The smallest absolute Gasteiger partial charge is 0.238 e. The van der Waals surface area contributed by atoms with Crippen LogP contribution in [-0.2, 0) is 4.79 Å². The Hall–Kier alpha value is -1.82. The van der Waals surface area contributed by atoms with Gasteiger partial charge in [0.1, 0.15) is 5.41 Å². The molecule has 1 aliphatic rings. The summed E-state index contributed by atoms with van der Waals surface area (Å²) in [6, 6.07) is 4.29. The van der Waals surface area contributed by atoms with Crippen LogP contribution in [0.5, 0.6) is 0 Å². The summed E-state index contributed by atoms with van der Waals surface area (Å²) in [4.78, 5) is 12.0. The Balaban J connectivity index is 2.20. The fraction of sp³-hybridized carbons (Fsp3) is 0.273. The third-order valence-corrected chi connectivity index (χ3v) is 3.27. The van der Waals surface area contributed by atoms with Gasteiger partial charge in [0.15, 0.2) is 11.7 Å². The van der Waals surface area contributed by atoms with Gasteiger partial charge in [0.2, 0.25) is 5.91 Å². The van der Waals surface area contributed by atoms with Crippen LogP contribution in [0.4, 0.5) is 10.1 Å². The molecule has 0 aromatic heterocycles. The maximum Gasteiger partial charge on any atom is 0.238 e. The van der Waals surface area contributed by atoms with Crippen LogP contribution in [0.15, 0.2) is 23.4 Å². The summed E-state index contributed by atoms with van der Waals surface area (Å²) in [5, 5.41) is 13.8. The summed E-state index contributed by atoms with van der Waals surface area (Å²) >= 11 is 5.60. The highest BCUT2D eigenvalue weighted by molar-refractivity contribution is 6.31. The van der Waals surface area contributed by atoms with E-state index in [0.717, 1.165) is 0 Å². The van der Waals surface area contributed by atoms with Gasteiger partial charge in [-0.1, -0.05) is 22.8 Å². The molecule has 1 aliphatic carbocycles. The molecule has 5 nitrogen and oxygen atoms in total. The van der Waals surface area contributed by atoms with E-state index in [1.54, 1.807) is 0 Å². The molecule has 0 bridgehead atoms. The van der Waals surface area contributed by atoms with E-state index in [2.05, 4.69) is 10.5 Å². The van der Waals surface area contributed by atoms with Gasteiger partial charge in [0.25, 0.3) is 0 Å². The van der Waals surface area contributed by atoms with Gasteiger partial charge < -0.3 is 16.3 Å². The van der Waals surface area contributed by atoms with Crippen molar-refractivity contribution in [2.24, 2.45) is 16.3 Å². The fourth-order valence-corrected chi connectivity index (χ4v) is 1.84. The van der Waals surface area contributed by atoms with Crippen molar-refractivity contribution in [3.63, 3.8) is 0 Å². The molecule has 1 aromatic carbocycles. The van der Waals surface area contributed by atoms with Crippen molar-refractivity contribution < 1.29 is 14.4 Å². The molecule has 1 aromatic rings. The second-order valence-corrected chi connectivity index (χ2v) is 4.53. The molecule has 1 fully saturated rings. The van der Waals surface area contributed by atoms with Gasteiger partial charge >= 0.3 is 0 Å². The molecule has 0 saturated heterocycles. The molecule has 0 unspecified atom stereocenters.